The van der Waals surface area contributed by atoms with Crippen molar-refractivity contribution in [3.63, 3.8) is 0 Å². The monoisotopic (exact) mass is 500 g/mol. The Bertz CT molecular complexity index is 1190. The van der Waals surface area contributed by atoms with E-state index >= 15 is 0 Å². The van der Waals surface area contributed by atoms with Crippen molar-refractivity contribution < 1.29 is 13.9 Å². The molecular formula is C27H30ClFN2O2S. The second-order valence-corrected chi connectivity index (χ2v) is 9.55. The van der Waals surface area contributed by atoms with Gasteiger partial charge in [0.1, 0.15) is 22.6 Å². The van der Waals surface area contributed by atoms with Crippen LogP contribution in [0.25, 0.3) is 11.3 Å². The molecule has 0 radical (unpaired) electrons. The number of aryl methyl sites for hydroxylation is 2. The van der Waals surface area contributed by atoms with Crippen LogP contribution in [-0.2, 0) is 11.3 Å². The van der Waals surface area contributed by atoms with E-state index in [1.165, 1.54) is 11.3 Å². The molecule has 0 spiro atoms. The van der Waals surface area contributed by atoms with E-state index in [4.69, 9.17) is 31.8 Å². The van der Waals surface area contributed by atoms with Gasteiger partial charge in [-0.1, -0.05) is 60.5 Å². The van der Waals surface area contributed by atoms with Crippen LogP contribution >= 0.6 is 22.9 Å². The Hall–Kier alpha value is -2.43. The summed E-state index contributed by atoms with van der Waals surface area (Å²) in [6.07, 6.45) is 1.74. The Morgan fingerprint density at radius 1 is 1.18 bits per heavy atom. The highest BCUT2D eigenvalue weighted by molar-refractivity contribution is 7.12. The molecule has 1 unspecified atom stereocenters. The van der Waals surface area contributed by atoms with Crippen molar-refractivity contribution >= 4 is 22.9 Å². The molecule has 0 saturated carbocycles. The third-order valence-corrected chi connectivity index (χ3v) is 6.61. The largest absolute Gasteiger partial charge is 0.477 e. The summed E-state index contributed by atoms with van der Waals surface area (Å²) in [5, 5.41) is 0.732. The normalized spacial score (nSPS) is 12.7. The van der Waals surface area contributed by atoms with Gasteiger partial charge in [-0.15, -0.1) is 11.3 Å². The second kappa shape index (κ2) is 12.3. The predicted molar refractivity (Wildman–Crippen MR) is 138 cm³/mol. The van der Waals surface area contributed by atoms with Crippen LogP contribution < -0.4 is 10.5 Å². The van der Waals surface area contributed by atoms with Gasteiger partial charge in [0.2, 0.25) is 0 Å². The van der Waals surface area contributed by atoms with Crippen LogP contribution in [0.3, 0.4) is 0 Å². The molecule has 4 nitrogen and oxygen atoms in total. The van der Waals surface area contributed by atoms with Crippen molar-refractivity contribution in [2.75, 3.05) is 13.2 Å². The first-order valence-electron chi connectivity index (χ1n) is 11.2. The molecule has 0 aliphatic heterocycles. The highest BCUT2D eigenvalue weighted by Crippen LogP contribution is 2.36. The van der Waals surface area contributed by atoms with Crippen LogP contribution in [0.4, 0.5) is 4.39 Å². The first kappa shape index (κ1) is 26.2. The van der Waals surface area contributed by atoms with E-state index in [0.717, 1.165) is 45.1 Å². The zero-order chi connectivity index (χ0) is 24.7. The molecule has 1 heterocycles. The van der Waals surface area contributed by atoms with Crippen LogP contribution in [0.1, 0.15) is 58.3 Å². The first-order valence-corrected chi connectivity index (χ1v) is 12.5. The Morgan fingerprint density at radius 2 is 1.97 bits per heavy atom. The molecule has 180 valence electrons. The molecule has 3 rings (SSSR count). The molecule has 7 heteroatoms. The Balaban J connectivity index is 1.88. The lowest BCUT2D eigenvalue weighted by Gasteiger charge is -2.12. The molecule has 3 aromatic rings. The van der Waals surface area contributed by atoms with Gasteiger partial charge in [0.25, 0.3) is 0 Å². The number of methoxy groups -OCH3 is 1. The van der Waals surface area contributed by atoms with Crippen molar-refractivity contribution in [1.82, 2.24) is 4.98 Å². The number of ether oxygens (including phenoxy) is 2. The molecule has 34 heavy (non-hydrogen) atoms. The maximum absolute atomic E-state index is 14.4. The molecule has 0 fully saturated rings. The smallest absolute Gasteiger partial charge is 0.162 e. The average Bonchev–Trinajstić information content (AvgIpc) is 3.20. The summed E-state index contributed by atoms with van der Waals surface area (Å²) >= 11 is 7.32. The number of nitrogens with zero attached hydrogens (tertiary/aromatic N) is 1. The molecule has 2 atom stereocenters. The number of alkyl halides is 1. The molecule has 2 N–H and O–H groups in total. The summed E-state index contributed by atoms with van der Waals surface area (Å²) < 4.78 is 25.1. The highest BCUT2D eigenvalue weighted by Gasteiger charge is 2.18. The molecule has 0 aliphatic rings. The number of aromatic nitrogens is 1. The number of thiazole rings is 1. The van der Waals surface area contributed by atoms with Gasteiger partial charge >= 0.3 is 0 Å². The van der Waals surface area contributed by atoms with Crippen LogP contribution in [0.15, 0.2) is 36.4 Å². The lowest BCUT2D eigenvalue weighted by molar-refractivity contribution is 0.181. The molecule has 0 saturated heterocycles. The van der Waals surface area contributed by atoms with Gasteiger partial charge in [0.05, 0.1) is 12.3 Å². The van der Waals surface area contributed by atoms with E-state index in [2.05, 4.69) is 18.8 Å². The number of hydrogen-bond donors (Lipinski definition) is 1. The van der Waals surface area contributed by atoms with Crippen molar-refractivity contribution in [3.8, 4) is 28.8 Å². The molecule has 0 aliphatic carbocycles. The summed E-state index contributed by atoms with van der Waals surface area (Å²) in [6.45, 7) is 6.36. The third-order valence-electron chi connectivity index (χ3n) is 5.45. The molecule has 2 aromatic carbocycles. The number of nitrogens with two attached hydrogens (primary N) is 1. The number of halogens is 2. The van der Waals surface area contributed by atoms with Gasteiger partial charge < -0.3 is 15.2 Å². The Labute approximate surface area is 210 Å². The fourth-order valence-electron chi connectivity index (χ4n) is 3.73. The lowest BCUT2D eigenvalue weighted by Crippen LogP contribution is -2.08. The standard InChI is InChI=1S/C27H30ClFN2O2S/c1-5-6-19(20-8-9-21(15-32-4)23(29)14-20)10-11-24(30)27-31-26(18(3)34-27)22-13-17(2)7-12-25(22)33-16-28/h7-9,12-14,19,24H,5-6,15-16,30H2,1-4H3/t19-,24?/m1/s1. The summed E-state index contributed by atoms with van der Waals surface area (Å²) in [5.74, 6) is 6.73. The maximum atomic E-state index is 14.4. The van der Waals surface area contributed by atoms with Crippen LogP contribution in [0.5, 0.6) is 5.75 Å². The highest BCUT2D eigenvalue weighted by atomic mass is 35.5. The van der Waals surface area contributed by atoms with E-state index < -0.39 is 6.04 Å². The van der Waals surface area contributed by atoms with Gasteiger partial charge in [-0.2, -0.15) is 0 Å². The van der Waals surface area contributed by atoms with E-state index in [0.29, 0.717) is 11.3 Å². The second-order valence-electron chi connectivity index (χ2n) is 8.10. The lowest BCUT2D eigenvalue weighted by atomic mass is 9.93. The van der Waals surface area contributed by atoms with Gasteiger partial charge in [-0.3, -0.25) is 0 Å². The predicted octanol–water partition coefficient (Wildman–Crippen LogP) is 6.87. The van der Waals surface area contributed by atoms with E-state index in [9.17, 15) is 4.39 Å². The average molecular weight is 501 g/mol. The Morgan fingerprint density at radius 3 is 2.65 bits per heavy atom. The fraction of sp³-hybridized carbons (Fsp3) is 0.370. The zero-order valence-corrected chi connectivity index (χ0v) is 21.5. The van der Waals surface area contributed by atoms with Gasteiger partial charge in [0, 0.05) is 29.0 Å². The molecule has 0 bridgehead atoms. The van der Waals surface area contributed by atoms with Gasteiger partial charge in [-0.05, 0) is 44.0 Å². The molecular weight excluding hydrogens is 471 g/mol. The minimum absolute atomic E-state index is 0.0585. The van der Waals surface area contributed by atoms with Crippen LogP contribution in [-0.4, -0.2) is 18.2 Å². The Kier molecular flexibility index (Phi) is 9.49. The molecule has 1 aromatic heterocycles. The summed E-state index contributed by atoms with van der Waals surface area (Å²) in [7, 11) is 1.55. The van der Waals surface area contributed by atoms with Gasteiger partial charge in [0.15, 0.2) is 6.07 Å². The minimum Gasteiger partial charge on any atom is -0.477 e. The van der Waals surface area contributed by atoms with Gasteiger partial charge in [-0.25, -0.2) is 9.37 Å². The summed E-state index contributed by atoms with van der Waals surface area (Å²) in [5.41, 5.74) is 10.6. The summed E-state index contributed by atoms with van der Waals surface area (Å²) in [4.78, 5) is 5.83. The van der Waals surface area contributed by atoms with Crippen molar-refractivity contribution in [3.05, 3.63) is 68.8 Å². The topological polar surface area (TPSA) is 57.4 Å². The zero-order valence-electron chi connectivity index (χ0n) is 20.0. The molecule has 0 amide bonds. The first-order chi connectivity index (χ1) is 16.4. The van der Waals surface area contributed by atoms with Crippen molar-refractivity contribution in [2.24, 2.45) is 5.73 Å². The minimum atomic E-state index is -0.545. The van der Waals surface area contributed by atoms with E-state index in [-0.39, 0.29) is 24.4 Å². The summed E-state index contributed by atoms with van der Waals surface area (Å²) in [6, 6.07) is 10.7. The third kappa shape index (κ3) is 6.37. The van der Waals surface area contributed by atoms with Crippen LogP contribution in [0.2, 0.25) is 0 Å². The van der Waals surface area contributed by atoms with Crippen molar-refractivity contribution in [1.29, 1.82) is 0 Å². The fourth-order valence-corrected chi connectivity index (χ4v) is 4.74. The van der Waals surface area contributed by atoms with E-state index in [1.54, 1.807) is 19.2 Å². The quantitative estimate of drug-likeness (QED) is 0.257. The SMILES string of the molecule is CCC[C@H](C#CC(N)c1nc(-c2cc(C)ccc2OCCl)c(C)s1)c1ccc(COC)c(F)c1. The number of hydrogen-bond acceptors (Lipinski definition) is 5. The van der Waals surface area contributed by atoms with E-state index in [1.807, 2.05) is 38.1 Å². The van der Waals surface area contributed by atoms with Crippen molar-refractivity contribution in [2.45, 2.75) is 52.2 Å². The number of rotatable bonds is 9. The van der Waals surface area contributed by atoms with Crippen LogP contribution in [0, 0.1) is 31.5 Å². The maximum Gasteiger partial charge on any atom is 0.162 e. The number of benzene rings is 2.